The van der Waals surface area contributed by atoms with Gasteiger partial charge in [-0.05, 0) is 98.3 Å². The summed E-state index contributed by atoms with van der Waals surface area (Å²) >= 11 is 0. The zero-order valence-corrected chi connectivity index (χ0v) is 43.6. The third-order valence-corrected chi connectivity index (χ3v) is 12.8. The van der Waals surface area contributed by atoms with Crippen LogP contribution in [0.2, 0.25) is 0 Å². The molecule has 0 aliphatic heterocycles. The van der Waals surface area contributed by atoms with E-state index in [0.29, 0.717) is 39.3 Å². The molecule has 0 saturated heterocycles. The Labute approximate surface area is 436 Å². The number of hydrogen-bond donors (Lipinski definition) is 1. The fourth-order valence-corrected chi connectivity index (χ4v) is 8.92. The number of rotatable bonds is 8. The topological polar surface area (TPSA) is 50.9 Å². The molecule has 9 rings (SSSR count). The molecule has 0 saturated carbocycles. The van der Waals surface area contributed by atoms with Crippen LogP contribution in [0.1, 0.15) is 121 Å². The summed E-state index contributed by atoms with van der Waals surface area (Å²) in [5.74, 6) is -0.332. The van der Waals surface area contributed by atoms with Crippen LogP contribution in [-0.4, -0.2) is 19.6 Å². The first-order chi connectivity index (χ1) is 35.4. The van der Waals surface area contributed by atoms with Crippen molar-refractivity contribution in [2.75, 3.05) is 0 Å². The van der Waals surface area contributed by atoms with Crippen LogP contribution < -0.4 is 0 Å². The maximum atomic E-state index is 12.8. The number of aromatic hydroxyl groups is 1. The van der Waals surface area contributed by atoms with E-state index in [2.05, 4.69) is 134 Å². The van der Waals surface area contributed by atoms with Crippen LogP contribution in [0.4, 0.5) is 0 Å². The number of para-hydroxylation sites is 1. The Morgan fingerprint density at radius 2 is 1.23 bits per heavy atom. The van der Waals surface area contributed by atoms with Gasteiger partial charge in [-0.25, -0.2) is 4.98 Å². The minimum absolute atomic E-state index is 0. The molecule has 0 fully saturated rings. The first-order valence-corrected chi connectivity index (χ1v) is 23.3. The first kappa shape index (κ1) is 39.5. The molecule has 0 radical (unpaired) electrons. The standard InChI is InChI=1S/C64H64N3O.Pt/c1-40(2)51-38-53(44-22-17-14-18-23-44)58(39-52(51)43-20-15-13-16-21-43)67-57-25-19-24-50(59(57)66-61(67)54-36-49(63(7,8)9)37-55(60(54)68)64(10,11)12)46-32-47(34-48(33-46)62(4,5)6)56-35-45(30-31-65-56)42-28-26-41(3)27-29-42;/h13-31,33-40,68H,1-12H3;/q-1;/i3D3,26D,27D,28D,29D,40D;. The predicted octanol–water partition coefficient (Wildman–Crippen LogP) is 17.3. The van der Waals surface area contributed by atoms with Crippen LogP contribution >= 0.6 is 0 Å². The molecule has 4 nitrogen and oxygen atoms in total. The molecule has 0 unspecified atom stereocenters. The van der Waals surface area contributed by atoms with Gasteiger partial charge in [-0.1, -0.05) is 202 Å². The second kappa shape index (κ2) is 18.9. The number of fused-ring (bicyclic) bond motifs is 1. The summed E-state index contributed by atoms with van der Waals surface area (Å²) in [6.45, 7) is 20.2. The van der Waals surface area contributed by atoms with Gasteiger partial charge in [0.25, 0.3) is 0 Å². The number of benzene rings is 7. The molecule has 0 aliphatic rings. The van der Waals surface area contributed by atoms with Crippen molar-refractivity contribution in [2.45, 2.75) is 105 Å². The molecule has 0 bridgehead atoms. The van der Waals surface area contributed by atoms with Gasteiger partial charge < -0.3 is 5.11 Å². The van der Waals surface area contributed by atoms with Crippen LogP contribution in [0.5, 0.6) is 5.75 Å². The van der Waals surface area contributed by atoms with E-state index in [-0.39, 0.29) is 43.2 Å². The molecule has 352 valence electrons. The van der Waals surface area contributed by atoms with Gasteiger partial charge in [-0.3, -0.25) is 9.55 Å². The molecule has 9 aromatic rings. The van der Waals surface area contributed by atoms with E-state index in [1.807, 2.05) is 68.4 Å². The maximum absolute atomic E-state index is 12.8. The fourth-order valence-electron chi connectivity index (χ4n) is 8.92. The minimum atomic E-state index is -2.84. The molecule has 0 amide bonds. The molecule has 69 heavy (non-hydrogen) atoms. The number of aromatic nitrogens is 3. The predicted molar refractivity (Wildman–Crippen MR) is 287 cm³/mol. The van der Waals surface area contributed by atoms with Gasteiger partial charge in [0.2, 0.25) is 0 Å². The van der Waals surface area contributed by atoms with Crippen molar-refractivity contribution < 1.29 is 37.1 Å². The fraction of sp³-hybridized carbons (Fsp3) is 0.250. The van der Waals surface area contributed by atoms with Gasteiger partial charge in [0.1, 0.15) is 11.6 Å². The van der Waals surface area contributed by atoms with Crippen LogP contribution in [0.3, 0.4) is 0 Å². The second-order valence-corrected chi connectivity index (χ2v) is 21.1. The molecule has 5 heteroatoms. The van der Waals surface area contributed by atoms with Crippen molar-refractivity contribution in [2.24, 2.45) is 0 Å². The third-order valence-electron chi connectivity index (χ3n) is 12.8. The molecular formula is C64H64N3OPt-. The average molecular weight is 1090 g/mol. The van der Waals surface area contributed by atoms with E-state index in [1.54, 1.807) is 18.3 Å². The Hall–Kier alpha value is -6.35. The number of phenolic OH excluding ortho intramolecular Hbond substituents is 1. The average Bonchev–Trinajstić information content (AvgIpc) is 3.75. The number of nitrogens with zero attached hydrogens (tertiary/aromatic N) is 3. The number of hydrogen-bond acceptors (Lipinski definition) is 3. The molecule has 7 aromatic carbocycles. The van der Waals surface area contributed by atoms with Gasteiger partial charge >= 0.3 is 0 Å². The van der Waals surface area contributed by atoms with E-state index in [1.165, 1.54) is 0 Å². The van der Waals surface area contributed by atoms with Gasteiger partial charge in [-0.2, -0.15) is 0 Å². The summed E-state index contributed by atoms with van der Waals surface area (Å²) < 4.78 is 70.6. The van der Waals surface area contributed by atoms with Crippen LogP contribution in [0.15, 0.2) is 158 Å². The van der Waals surface area contributed by atoms with E-state index in [0.717, 1.165) is 61.3 Å². The Morgan fingerprint density at radius 1 is 0.609 bits per heavy atom. The Kier molecular flexibility index (Phi) is 10.8. The van der Waals surface area contributed by atoms with Gasteiger partial charge in [0, 0.05) is 49.6 Å². The molecule has 2 heterocycles. The smallest absolute Gasteiger partial charge is 0.148 e. The summed E-state index contributed by atoms with van der Waals surface area (Å²) in [6, 6.07) is 43.9. The van der Waals surface area contributed by atoms with Crippen molar-refractivity contribution in [3.63, 3.8) is 0 Å². The van der Waals surface area contributed by atoms with E-state index >= 15 is 0 Å². The summed E-state index contributed by atoms with van der Waals surface area (Å²) in [6.07, 6.45) is 1.55. The van der Waals surface area contributed by atoms with Gasteiger partial charge in [0.15, 0.2) is 0 Å². The summed E-state index contributed by atoms with van der Waals surface area (Å²) in [5, 5.41) is 12.8. The minimum Gasteiger partial charge on any atom is -0.507 e. The Morgan fingerprint density at radius 3 is 1.84 bits per heavy atom. The molecule has 1 N–H and O–H groups in total. The maximum Gasteiger partial charge on any atom is 0.148 e. The van der Waals surface area contributed by atoms with Gasteiger partial charge in [0.05, 0.1) is 27.8 Å². The largest absolute Gasteiger partial charge is 0.507 e. The molecule has 0 aliphatic carbocycles. The second-order valence-electron chi connectivity index (χ2n) is 21.1. The SMILES string of the molecule is [2H]c1c([2H])c(C([2H])([2H])[2H])c([2H])c([2H])c1-c1ccnc(-c2[c-]c(-c3cccc4c3nc(-c3cc(C(C)(C)C)cc(C(C)(C)C)c3O)n4-c3cc(-c4ccccc4)c(C([2H])(C)C)cc3-c3ccccc3)cc(C(C)(C)C)c2)c1.[Pt]. The van der Waals surface area contributed by atoms with Crippen molar-refractivity contribution in [3.8, 4) is 78.6 Å². The quantitative estimate of drug-likeness (QED) is 0.154. The van der Waals surface area contributed by atoms with Crippen molar-refractivity contribution >= 4 is 11.0 Å². The van der Waals surface area contributed by atoms with Crippen LogP contribution in [-0.2, 0) is 37.3 Å². The van der Waals surface area contributed by atoms with E-state index in [9.17, 15) is 6.48 Å². The van der Waals surface area contributed by atoms with Gasteiger partial charge in [-0.15, -0.1) is 29.3 Å². The summed E-state index contributed by atoms with van der Waals surface area (Å²) in [7, 11) is 0. The Bertz CT molecular complexity index is 3700. The van der Waals surface area contributed by atoms with E-state index < -0.39 is 47.9 Å². The zero-order chi connectivity index (χ0) is 55.2. The van der Waals surface area contributed by atoms with E-state index in [4.69, 9.17) is 19.6 Å². The van der Waals surface area contributed by atoms with Crippen molar-refractivity contribution in [3.05, 3.63) is 192 Å². The number of phenols is 1. The van der Waals surface area contributed by atoms with Crippen LogP contribution in [0.25, 0.3) is 83.9 Å². The van der Waals surface area contributed by atoms with Crippen LogP contribution in [0, 0.1) is 12.9 Å². The normalized spacial score (nSPS) is 14.1. The zero-order valence-electron chi connectivity index (χ0n) is 49.3. The third kappa shape index (κ3) is 9.79. The van der Waals surface area contributed by atoms with Crippen molar-refractivity contribution in [1.82, 2.24) is 14.5 Å². The number of pyridine rings is 1. The van der Waals surface area contributed by atoms with Crippen molar-refractivity contribution in [1.29, 1.82) is 0 Å². The molecule has 0 atom stereocenters. The number of imidazole rings is 1. The molecule has 0 spiro atoms. The summed E-state index contributed by atoms with van der Waals surface area (Å²) in [4.78, 5) is 10.4. The first-order valence-electron chi connectivity index (χ1n) is 27.3. The molecular weight excluding hydrogens is 1020 g/mol. The Balaban J connectivity index is 0.00000784. The monoisotopic (exact) mass is 1090 g/mol. The summed E-state index contributed by atoms with van der Waals surface area (Å²) in [5.41, 5.74) is 11.2. The molecule has 2 aromatic heterocycles.